The first-order valence-corrected chi connectivity index (χ1v) is 10.8. The first-order valence-electron chi connectivity index (χ1n) is 10.8. The van der Waals surface area contributed by atoms with Crippen molar-refractivity contribution < 1.29 is 9.90 Å². The lowest BCUT2D eigenvalue weighted by Crippen LogP contribution is -2.25. The van der Waals surface area contributed by atoms with Crippen LogP contribution in [-0.4, -0.2) is 31.0 Å². The predicted octanol–water partition coefficient (Wildman–Crippen LogP) is 4.99. The number of carboxylic acid groups (broad SMARTS) is 1. The van der Waals surface area contributed by atoms with E-state index < -0.39 is 5.97 Å². The molecule has 0 aliphatic rings. The lowest BCUT2D eigenvalue weighted by Gasteiger charge is -2.23. The molecular weight excluding hydrogens is 426 g/mol. The van der Waals surface area contributed by atoms with E-state index in [1.54, 1.807) is 36.7 Å². The van der Waals surface area contributed by atoms with Gasteiger partial charge in [-0.2, -0.15) is 0 Å². The lowest BCUT2D eigenvalue weighted by molar-refractivity contribution is 0.0697. The van der Waals surface area contributed by atoms with Crippen LogP contribution in [0.25, 0.3) is 22.2 Å². The summed E-state index contributed by atoms with van der Waals surface area (Å²) in [7, 11) is 0. The normalized spacial score (nSPS) is 10.8. The molecule has 0 aliphatic heterocycles. The fraction of sp³-hybridized carbons (Fsp3) is 0.0741. The molecule has 7 nitrogen and oxygen atoms in total. The minimum Gasteiger partial charge on any atom is -0.478 e. The van der Waals surface area contributed by atoms with Gasteiger partial charge in [-0.1, -0.05) is 42.5 Å². The molecule has 3 aromatic heterocycles. The Hall–Kier alpha value is -4.65. The largest absolute Gasteiger partial charge is 0.478 e. The van der Waals surface area contributed by atoms with Gasteiger partial charge in [0.15, 0.2) is 0 Å². The molecule has 7 heteroatoms. The Kier molecular flexibility index (Phi) is 5.90. The molecule has 0 unspecified atom stereocenters. The van der Waals surface area contributed by atoms with E-state index in [0.29, 0.717) is 19.0 Å². The summed E-state index contributed by atoms with van der Waals surface area (Å²) >= 11 is 0. The summed E-state index contributed by atoms with van der Waals surface area (Å²) in [5.74, 6) is -0.413. The second kappa shape index (κ2) is 9.46. The smallest absolute Gasteiger partial charge is 0.335 e. The first-order chi connectivity index (χ1) is 16.7. The molecule has 166 valence electrons. The van der Waals surface area contributed by atoms with Crippen molar-refractivity contribution >= 4 is 22.8 Å². The molecule has 3 heterocycles. The van der Waals surface area contributed by atoms with Crippen molar-refractivity contribution in [2.24, 2.45) is 0 Å². The third-order valence-corrected chi connectivity index (χ3v) is 5.44. The average molecular weight is 447 g/mol. The SMILES string of the molecule is O=C(O)c1ccc(-c2nc(N(Cc3ccccn3)Cc3ccccn3)nc3ccccc23)cc1. The van der Waals surface area contributed by atoms with E-state index in [1.165, 1.54) is 0 Å². The minimum atomic E-state index is -0.961. The molecule has 5 aromatic rings. The van der Waals surface area contributed by atoms with E-state index in [4.69, 9.17) is 9.97 Å². The summed E-state index contributed by atoms with van der Waals surface area (Å²) in [5, 5.41) is 10.2. The number of hydrogen-bond donors (Lipinski definition) is 1. The molecule has 0 bridgehead atoms. The number of anilines is 1. The maximum absolute atomic E-state index is 11.3. The second-order valence-electron chi connectivity index (χ2n) is 7.77. The molecule has 0 amide bonds. The standard InChI is InChI=1S/C27H21N5O2/c33-26(34)20-13-11-19(12-14-20)25-23-9-1-2-10-24(23)30-27(31-25)32(17-21-7-3-5-15-28-21)18-22-8-4-6-16-29-22/h1-16H,17-18H2,(H,33,34). The quantitative estimate of drug-likeness (QED) is 0.376. The number of para-hydroxylation sites is 1. The summed E-state index contributed by atoms with van der Waals surface area (Å²) in [6.45, 7) is 1.01. The van der Waals surface area contributed by atoms with Crippen molar-refractivity contribution in [3.63, 3.8) is 0 Å². The van der Waals surface area contributed by atoms with E-state index in [1.807, 2.05) is 65.6 Å². The van der Waals surface area contributed by atoms with E-state index >= 15 is 0 Å². The van der Waals surface area contributed by atoms with E-state index in [9.17, 15) is 9.90 Å². The highest BCUT2D eigenvalue weighted by atomic mass is 16.4. The van der Waals surface area contributed by atoms with Gasteiger partial charge in [0.1, 0.15) is 0 Å². The zero-order valence-corrected chi connectivity index (χ0v) is 18.2. The molecule has 0 fully saturated rings. The van der Waals surface area contributed by atoms with Crippen LogP contribution in [0.5, 0.6) is 0 Å². The Morgan fingerprint density at radius 2 is 1.35 bits per heavy atom. The molecule has 0 saturated carbocycles. The predicted molar refractivity (Wildman–Crippen MR) is 130 cm³/mol. The number of fused-ring (bicyclic) bond motifs is 1. The van der Waals surface area contributed by atoms with Gasteiger partial charge in [-0.3, -0.25) is 9.97 Å². The Morgan fingerprint density at radius 1 is 0.735 bits per heavy atom. The van der Waals surface area contributed by atoms with Gasteiger partial charge in [0.05, 0.1) is 41.3 Å². The van der Waals surface area contributed by atoms with Gasteiger partial charge in [0, 0.05) is 23.3 Å². The lowest BCUT2D eigenvalue weighted by atomic mass is 10.0. The van der Waals surface area contributed by atoms with E-state index in [-0.39, 0.29) is 5.56 Å². The maximum atomic E-state index is 11.3. The fourth-order valence-electron chi connectivity index (χ4n) is 3.77. The third-order valence-electron chi connectivity index (χ3n) is 5.44. The van der Waals surface area contributed by atoms with Gasteiger partial charge in [-0.05, 0) is 42.5 Å². The highest BCUT2D eigenvalue weighted by Gasteiger charge is 2.17. The van der Waals surface area contributed by atoms with Gasteiger partial charge in [-0.25, -0.2) is 14.8 Å². The number of carboxylic acids is 1. The second-order valence-corrected chi connectivity index (χ2v) is 7.77. The van der Waals surface area contributed by atoms with Crippen LogP contribution in [-0.2, 0) is 13.1 Å². The molecule has 0 atom stereocenters. The van der Waals surface area contributed by atoms with Gasteiger partial charge in [-0.15, -0.1) is 0 Å². The van der Waals surface area contributed by atoms with Gasteiger partial charge >= 0.3 is 5.97 Å². The van der Waals surface area contributed by atoms with Gasteiger partial charge in [0.2, 0.25) is 5.95 Å². The molecule has 0 radical (unpaired) electrons. The Labute approximate surface area is 196 Å². The molecule has 0 aliphatic carbocycles. The van der Waals surface area contributed by atoms with Crippen molar-refractivity contribution in [1.29, 1.82) is 0 Å². The number of benzene rings is 2. The zero-order valence-electron chi connectivity index (χ0n) is 18.2. The fourth-order valence-corrected chi connectivity index (χ4v) is 3.77. The van der Waals surface area contributed by atoms with Crippen molar-refractivity contribution in [3.05, 3.63) is 114 Å². The number of aromatic nitrogens is 4. The Bertz CT molecular complexity index is 1380. The first kappa shape index (κ1) is 21.2. The molecule has 34 heavy (non-hydrogen) atoms. The highest BCUT2D eigenvalue weighted by molar-refractivity contribution is 5.94. The number of rotatable bonds is 7. The number of aromatic carboxylic acids is 1. The maximum Gasteiger partial charge on any atom is 0.335 e. The molecule has 0 saturated heterocycles. The number of hydrogen-bond acceptors (Lipinski definition) is 6. The van der Waals surface area contributed by atoms with Crippen LogP contribution in [0.4, 0.5) is 5.95 Å². The van der Waals surface area contributed by atoms with Crippen LogP contribution in [0.1, 0.15) is 21.7 Å². The minimum absolute atomic E-state index is 0.231. The van der Waals surface area contributed by atoms with Crippen molar-refractivity contribution in [2.45, 2.75) is 13.1 Å². The monoisotopic (exact) mass is 447 g/mol. The van der Waals surface area contributed by atoms with Crippen LogP contribution in [0, 0.1) is 0 Å². The van der Waals surface area contributed by atoms with Crippen molar-refractivity contribution in [3.8, 4) is 11.3 Å². The van der Waals surface area contributed by atoms with E-state index in [2.05, 4.69) is 9.97 Å². The number of nitrogens with zero attached hydrogens (tertiary/aromatic N) is 5. The van der Waals surface area contributed by atoms with Crippen LogP contribution in [0.3, 0.4) is 0 Å². The summed E-state index contributed by atoms with van der Waals surface area (Å²) in [6.07, 6.45) is 3.54. The number of carbonyl (C=O) groups is 1. The summed E-state index contributed by atoms with van der Waals surface area (Å²) in [4.78, 5) is 32.1. The summed E-state index contributed by atoms with van der Waals surface area (Å²) in [5.41, 5.74) is 4.38. The Morgan fingerprint density at radius 3 is 1.94 bits per heavy atom. The number of pyridine rings is 2. The molecule has 5 rings (SSSR count). The van der Waals surface area contributed by atoms with Crippen LogP contribution >= 0.6 is 0 Å². The van der Waals surface area contributed by atoms with Crippen LogP contribution in [0.15, 0.2) is 97.3 Å². The van der Waals surface area contributed by atoms with Crippen molar-refractivity contribution in [1.82, 2.24) is 19.9 Å². The molecule has 0 spiro atoms. The van der Waals surface area contributed by atoms with Crippen LogP contribution < -0.4 is 4.90 Å². The zero-order chi connectivity index (χ0) is 23.3. The highest BCUT2D eigenvalue weighted by Crippen LogP contribution is 2.29. The Balaban J connectivity index is 1.62. The van der Waals surface area contributed by atoms with Gasteiger partial charge < -0.3 is 10.0 Å². The summed E-state index contributed by atoms with van der Waals surface area (Å²) < 4.78 is 0. The summed E-state index contributed by atoms with van der Waals surface area (Å²) in [6, 6.07) is 26.2. The topological polar surface area (TPSA) is 92.1 Å². The third kappa shape index (κ3) is 4.59. The van der Waals surface area contributed by atoms with Gasteiger partial charge in [0.25, 0.3) is 0 Å². The molecule has 2 aromatic carbocycles. The van der Waals surface area contributed by atoms with Crippen LogP contribution in [0.2, 0.25) is 0 Å². The average Bonchev–Trinajstić information content (AvgIpc) is 2.89. The van der Waals surface area contributed by atoms with E-state index in [0.717, 1.165) is 33.5 Å². The molecular formula is C27H21N5O2. The van der Waals surface area contributed by atoms with Crippen molar-refractivity contribution in [2.75, 3.05) is 4.90 Å². The molecule has 1 N–H and O–H groups in total.